The van der Waals surface area contributed by atoms with Gasteiger partial charge in [-0.1, -0.05) is 56.6 Å². The van der Waals surface area contributed by atoms with E-state index in [1.54, 1.807) is 18.2 Å². The zero-order chi connectivity index (χ0) is 19.8. The van der Waals surface area contributed by atoms with Gasteiger partial charge in [0.1, 0.15) is 0 Å². The number of benzene rings is 2. The summed E-state index contributed by atoms with van der Waals surface area (Å²) in [7, 11) is 0. The highest BCUT2D eigenvalue weighted by Gasteiger charge is 2.51. The standard InChI is InChI=1S/C22H25ClN2O2/c1-14(26)24-19-10-9-17(13-18(19)23)25-20(27)22(11-12-22)16-7-5-15(6-8-16)21(2,3)4/h5-10,13H,11-12H2,1-4H3,(H,24,26)(H,25,27). The molecule has 2 aromatic rings. The molecule has 0 bridgehead atoms. The lowest BCUT2D eigenvalue weighted by molar-refractivity contribution is -0.118. The van der Waals surface area contributed by atoms with Crippen LogP contribution in [0.5, 0.6) is 0 Å². The van der Waals surface area contributed by atoms with Gasteiger partial charge in [-0.3, -0.25) is 9.59 Å². The van der Waals surface area contributed by atoms with Crippen molar-refractivity contribution in [2.24, 2.45) is 0 Å². The summed E-state index contributed by atoms with van der Waals surface area (Å²) >= 11 is 6.20. The van der Waals surface area contributed by atoms with Gasteiger partial charge in [-0.25, -0.2) is 0 Å². The molecule has 2 N–H and O–H groups in total. The van der Waals surface area contributed by atoms with E-state index in [4.69, 9.17) is 11.6 Å². The highest BCUT2D eigenvalue weighted by atomic mass is 35.5. The van der Waals surface area contributed by atoms with Crippen molar-refractivity contribution >= 4 is 34.8 Å². The average Bonchev–Trinajstić information content (AvgIpc) is 3.38. The number of hydrogen-bond donors (Lipinski definition) is 2. The number of rotatable bonds is 4. The molecule has 0 heterocycles. The quantitative estimate of drug-likeness (QED) is 0.754. The molecule has 2 amide bonds. The highest BCUT2D eigenvalue weighted by Crippen LogP contribution is 2.49. The molecule has 142 valence electrons. The van der Waals surface area contributed by atoms with Crippen LogP contribution in [0, 0.1) is 0 Å². The summed E-state index contributed by atoms with van der Waals surface area (Å²) < 4.78 is 0. The molecule has 27 heavy (non-hydrogen) atoms. The summed E-state index contributed by atoms with van der Waals surface area (Å²) in [6.45, 7) is 7.95. The van der Waals surface area contributed by atoms with Crippen molar-refractivity contribution in [3.8, 4) is 0 Å². The molecule has 4 nitrogen and oxygen atoms in total. The van der Waals surface area contributed by atoms with E-state index in [-0.39, 0.29) is 17.2 Å². The Morgan fingerprint density at radius 3 is 2.11 bits per heavy atom. The number of halogens is 1. The molecule has 0 atom stereocenters. The summed E-state index contributed by atoms with van der Waals surface area (Å²) in [5, 5.41) is 6.02. The van der Waals surface area contributed by atoms with Gasteiger partial charge in [0.05, 0.1) is 16.1 Å². The number of anilines is 2. The van der Waals surface area contributed by atoms with E-state index in [2.05, 4.69) is 55.7 Å². The fourth-order valence-electron chi connectivity index (χ4n) is 3.20. The smallest absolute Gasteiger partial charge is 0.235 e. The lowest BCUT2D eigenvalue weighted by Crippen LogP contribution is -2.28. The Morgan fingerprint density at radius 2 is 1.63 bits per heavy atom. The number of nitrogens with one attached hydrogen (secondary N) is 2. The van der Waals surface area contributed by atoms with Crippen LogP contribution in [0.3, 0.4) is 0 Å². The maximum atomic E-state index is 12.9. The molecular formula is C22H25ClN2O2. The van der Waals surface area contributed by atoms with Crippen molar-refractivity contribution in [1.82, 2.24) is 0 Å². The van der Waals surface area contributed by atoms with E-state index in [1.165, 1.54) is 12.5 Å². The van der Waals surface area contributed by atoms with Gasteiger partial charge in [0.15, 0.2) is 0 Å². The minimum Gasteiger partial charge on any atom is -0.325 e. The second-order valence-corrected chi connectivity index (χ2v) is 8.65. The Balaban J connectivity index is 1.76. The predicted octanol–water partition coefficient (Wildman–Crippen LogP) is 5.27. The van der Waals surface area contributed by atoms with Crippen molar-refractivity contribution < 1.29 is 9.59 Å². The van der Waals surface area contributed by atoms with Crippen molar-refractivity contribution in [3.63, 3.8) is 0 Å². The van der Waals surface area contributed by atoms with Crippen molar-refractivity contribution in [3.05, 3.63) is 58.6 Å². The minimum atomic E-state index is -0.459. The zero-order valence-corrected chi connectivity index (χ0v) is 16.9. The number of hydrogen-bond acceptors (Lipinski definition) is 2. The third-order valence-electron chi connectivity index (χ3n) is 5.03. The molecule has 2 aromatic carbocycles. The maximum Gasteiger partial charge on any atom is 0.235 e. The lowest BCUT2D eigenvalue weighted by atomic mass is 9.85. The first-order valence-electron chi connectivity index (χ1n) is 9.11. The third-order valence-corrected chi connectivity index (χ3v) is 5.34. The molecule has 1 fully saturated rings. The zero-order valence-electron chi connectivity index (χ0n) is 16.2. The van der Waals surface area contributed by atoms with Crippen LogP contribution in [0.4, 0.5) is 11.4 Å². The molecule has 0 radical (unpaired) electrons. The van der Waals surface area contributed by atoms with Gasteiger partial charge >= 0.3 is 0 Å². The summed E-state index contributed by atoms with van der Waals surface area (Å²) in [5.41, 5.74) is 3.08. The van der Waals surface area contributed by atoms with Crippen molar-refractivity contribution in [1.29, 1.82) is 0 Å². The van der Waals surface area contributed by atoms with Gasteiger partial charge in [-0.05, 0) is 47.6 Å². The Labute approximate surface area is 165 Å². The van der Waals surface area contributed by atoms with Crippen LogP contribution < -0.4 is 10.6 Å². The van der Waals surface area contributed by atoms with E-state index in [1.807, 2.05) is 0 Å². The molecule has 1 aliphatic carbocycles. The molecule has 0 unspecified atom stereocenters. The van der Waals surface area contributed by atoms with Crippen molar-refractivity contribution in [2.75, 3.05) is 10.6 Å². The SMILES string of the molecule is CC(=O)Nc1ccc(NC(=O)C2(c3ccc(C(C)(C)C)cc3)CC2)cc1Cl. The first-order chi connectivity index (χ1) is 12.6. The van der Waals surface area contributed by atoms with Gasteiger partial charge in [0.2, 0.25) is 11.8 Å². The van der Waals surface area contributed by atoms with Crippen LogP contribution >= 0.6 is 11.6 Å². The largest absolute Gasteiger partial charge is 0.325 e. The fraction of sp³-hybridized carbons (Fsp3) is 0.364. The van der Waals surface area contributed by atoms with Gasteiger partial charge in [-0.15, -0.1) is 0 Å². The first-order valence-corrected chi connectivity index (χ1v) is 9.49. The molecule has 0 spiro atoms. The van der Waals surface area contributed by atoms with Crippen LogP contribution in [0.1, 0.15) is 51.7 Å². The van der Waals surface area contributed by atoms with Gasteiger partial charge < -0.3 is 10.6 Å². The molecule has 0 saturated heterocycles. The van der Waals surface area contributed by atoms with E-state index in [0.29, 0.717) is 16.4 Å². The molecule has 0 aromatic heterocycles. The number of carbonyl (C=O) groups excluding carboxylic acids is 2. The van der Waals surface area contributed by atoms with Crippen molar-refractivity contribution in [2.45, 2.75) is 51.4 Å². The summed E-state index contributed by atoms with van der Waals surface area (Å²) in [6.07, 6.45) is 1.68. The van der Waals surface area contributed by atoms with Crippen LogP contribution in [0.25, 0.3) is 0 Å². The molecule has 1 aliphatic rings. The molecule has 3 rings (SSSR count). The molecule has 1 saturated carbocycles. The summed E-state index contributed by atoms with van der Waals surface area (Å²) in [4.78, 5) is 24.1. The minimum absolute atomic E-state index is 0.0191. The third kappa shape index (κ3) is 4.16. The Kier molecular flexibility index (Phi) is 5.04. The second kappa shape index (κ2) is 7.01. The van der Waals surface area contributed by atoms with E-state index >= 15 is 0 Å². The topological polar surface area (TPSA) is 58.2 Å². The first kappa shape index (κ1) is 19.4. The summed E-state index contributed by atoms with van der Waals surface area (Å²) in [6, 6.07) is 13.5. The lowest BCUT2D eigenvalue weighted by Gasteiger charge is -2.21. The summed E-state index contributed by atoms with van der Waals surface area (Å²) in [5.74, 6) is -0.210. The molecule has 5 heteroatoms. The van der Waals surface area contributed by atoms with Gasteiger partial charge in [0, 0.05) is 12.6 Å². The van der Waals surface area contributed by atoms with Crippen LogP contribution in [-0.2, 0) is 20.4 Å². The van der Waals surface area contributed by atoms with E-state index in [9.17, 15) is 9.59 Å². The Hall–Kier alpha value is -2.33. The monoisotopic (exact) mass is 384 g/mol. The molecular weight excluding hydrogens is 360 g/mol. The number of amides is 2. The van der Waals surface area contributed by atoms with Gasteiger partial charge in [-0.2, -0.15) is 0 Å². The average molecular weight is 385 g/mol. The van der Waals surface area contributed by atoms with Crippen LogP contribution in [0.2, 0.25) is 5.02 Å². The number of carbonyl (C=O) groups is 2. The van der Waals surface area contributed by atoms with E-state index in [0.717, 1.165) is 18.4 Å². The predicted molar refractivity (Wildman–Crippen MR) is 110 cm³/mol. The Morgan fingerprint density at radius 1 is 1.00 bits per heavy atom. The molecule has 0 aliphatic heterocycles. The Bertz CT molecular complexity index is 878. The highest BCUT2D eigenvalue weighted by molar-refractivity contribution is 6.34. The van der Waals surface area contributed by atoms with Gasteiger partial charge in [0.25, 0.3) is 0 Å². The normalized spacial score (nSPS) is 15.1. The second-order valence-electron chi connectivity index (χ2n) is 8.24. The van der Waals surface area contributed by atoms with Crippen LogP contribution in [-0.4, -0.2) is 11.8 Å². The maximum absolute atomic E-state index is 12.9. The van der Waals surface area contributed by atoms with Crippen LogP contribution in [0.15, 0.2) is 42.5 Å². The fourth-order valence-corrected chi connectivity index (χ4v) is 3.42. The van der Waals surface area contributed by atoms with E-state index < -0.39 is 5.41 Å².